The van der Waals surface area contributed by atoms with Crippen LogP contribution in [-0.2, 0) is 30.3 Å². The number of benzene rings is 1. The molecule has 0 aliphatic rings. The minimum absolute atomic E-state index is 0.00920. The maximum Gasteiger partial charge on any atom is 0.308 e. The van der Waals surface area contributed by atoms with Crippen molar-refractivity contribution in [1.29, 1.82) is 0 Å². The van der Waals surface area contributed by atoms with Crippen molar-refractivity contribution in [2.45, 2.75) is 103 Å². The first kappa shape index (κ1) is 27.6. The molecule has 0 fully saturated rings. The molecule has 1 aromatic rings. The van der Waals surface area contributed by atoms with Gasteiger partial charge < -0.3 is 18.9 Å². The van der Waals surface area contributed by atoms with Crippen LogP contribution in [0.3, 0.4) is 0 Å². The number of hydrogen-bond acceptors (Lipinski definition) is 5. The van der Waals surface area contributed by atoms with Crippen molar-refractivity contribution in [2.24, 2.45) is 0 Å². The van der Waals surface area contributed by atoms with Gasteiger partial charge in [0.05, 0.1) is 32.3 Å². The fraction of sp³-hybridized carbons (Fsp3) is 0.731. The molecular formula is C26H44O5. The number of unbranched alkanes of at least 4 members (excludes halogenated alkanes) is 8. The molecule has 0 N–H and O–H groups in total. The monoisotopic (exact) mass is 436 g/mol. The lowest BCUT2D eigenvalue weighted by atomic mass is 10.0. The van der Waals surface area contributed by atoms with E-state index in [0.29, 0.717) is 13.0 Å². The Balaban J connectivity index is 2.43. The Morgan fingerprint density at radius 3 is 2.10 bits per heavy atom. The second kappa shape index (κ2) is 19.3. The normalized spacial score (nSPS) is 13.1. The first-order chi connectivity index (χ1) is 15.2. The zero-order chi connectivity index (χ0) is 22.6. The van der Waals surface area contributed by atoms with Crippen LogP contribution in [0.4, 0.5) is 0 Å². The summed E-state index contributed by atoms with van der Waals surface area (Å²) >= 11 is 0. The smallest absolute Gasteiger partial charge is 0.308 e. The summed E-state index contributed by atoms with van der Waals surface area (Å²) in [5.74, 6) is -0.258. The molecule has 0 unspecified atom stereocenters. The van der Waals surface area contributed by atoms with E-state index in [2.05, 4.69) is 6.92 Å². The maximum atomic E-state index is 11.9. The molecule has 2 atom stereocenters. The minimum atomic E-state index is -0.258. The highest BCUT2D eigenvalue weighted by atomic mass is 16.7. The van der Waals surface area contributed by atoms with Gasteiger partial charge in [-0.3, -0.25) is 4.79 Å². The van der Waals surface area contributed by atoms with E-state index in [4.69, 9.17) is 18.9 Å². The Morgan fingerprint density at radius 1 is 0.839 bits per heavy atom. The van der Waals surface area contributed by atoms with E-state index in [0.717, 1.165) is 18.4 Å². The quantitative estimate of drug-likeness (QED) is 0.134. The van der Waals surface area contributed by atoms with Gasteiger partial charge >= 0.3 is 5.97 Å². The Bertz CT molecular complexity index is 534. The molecule has 0 aliphatic heterocycles. The van der Waals surface area contributed by atoms with Crippen molar-refractivity contribution in [3.63, 3.8) is 0 Å². The third-order valence-electron chi connectivity index (χ3n) is 5.53. The summed E-state index contributed by atoms with van der Waals surface area (Å²) in [6.07, 6.45) is 13.3. The average molecular weight is 437 g/mol. The number of rotatable bonds is 20. The largest absolute Gasteiger partial charge is 0.469 e. The predicted octanol–water partition coefficient (Wildman–Crippen LogP) is 6.44. The van der Waals surface area contributed by atoms with Gasteiger partial charge in [0.1, 0.15) is 6.79 Å². The highest BCUT2D eigenvalue weighted by molar-refractivity contribution is 5.69. The van der Waals surface area contributed by atoms with Gasteiger partial charge in [-0.25, -0.2) is 0 Å². The number of carbonyl (C=O) groups excluding carboxylic acids is 1. The molecule has 0 spiro atoms. The van der Waals surface area contributed by atoms with Crippen molar-refractivity contribution < 1.29 is 23.7 Å². The molecule has 31 heavy (non-hydrogen) atoms. The summed E-state index contributed by atoms with van der Waals surface area (Å²) in [7, 11) is 3.05. The van der Waals surface area contributed by atoms with Crippen LogP contribution in [0.2, 0.25) is 0 Å². The molecular weight excluding hydrogens is 392 g/mol. The van der Waals surface area contributed by atoms with Crippen molar-refractivity contribution in [3.05, 3.63) is 35.9 Å². The van der Waals surface area contributed by atoms with Crippen LogP contribution in [0, 0.1) is 0 Å². The van der Waals surface area contributed by atoms with Gasteiger partial charge in [-0.2, -0.15) is 0 Å². The molecule has 0 bridgehead atoms. The van der Waals surface area contributed by atoms with Crippen LogP contribution in [-0.4, -0.2) is 39.2 Å². The molecule has 0 aliphatic carbocycles. The summed E-state index contributed by atoms with van der Waals surface area (Å²) in [5, 5.41) is 0. The van der Waals surface area contributed by atoms with E-state index < -0.39 is 0 Å². The number of methoxy groups -OCH3 is 2. The summed E-state index contributed by atoms with van der Waals surface area (Å²) in [4.78, 5) is 11.9. The molecule has 178 valence electrons. The van der Waals surface area contributed by atoms with Gasteiger partial charge in [-0.05, 0) is 12.0 Å². The first-order valence-electron chi connectivity index (χ1n) is 12.0. The SMILES string of the molecule is CCCCCCCCCCC[C@H](C[C@@H](CC(=O)OC)OCc1ccccc1)OCOC. The molecule has 0 saturated carbocycles. The van der Waals surface area contributed by atoms with Crippen molar-refractivity contribution in [3.8, 4) is 0 Å². The van der Waals surface area contributed by atoms with Gasteiger partial charge in [0.25, 0.3) is 0 Å². The Labute approximate surface area is 189 Å². The van der Waals surface area contributed by atoms with E-state index in [-0.39, 0.29) is 31.4 Å². The molecule has 0 heterocycles. The number of ether oxygens (including phenoxy) is 4. The highest BCUT2D eigenvalue weighted by Crippen LogP contribution is 2.19. The van der Waals surface area contributed by atoms with Gasteiger partial charge in [-0.1, -0.05) is 95.0 Å². The van der Waals surface area contributed by atoms with Gasteiger partial charge in [-0.15, -0.1) is 0 Å². The zero-order valence-corrected chi connectivity index (χ0v) is 20.0. The highest BCUT2D eigenvalue weighted by Gasteiger charge is 2.21. The second-order valence-corrected chi connectivity index (χ2v) is 8.25. The lowest BCUT2D eigenvalue weighted by Crippen LogP contribution is -2.27. The average Bonchev–Trinajstić information content (AvgIpc) is 2.80. The summed E-state index contributed by atoms with van der Waals surface area (Å²) < 4.78 is 22.0. The van der Waals surface area contributed by atoms with E-state index >= 15 is 0 Å². The third-order valence-corrected chi connectivity index (χ3v) is 5.53. The first-order valence-corrected chi connectivity index (χ1v) is 12.0. The molecule has 0 amide bonds. The molecule has 0 radical (unpaired) electrons. The summed E-state index contributed by atoms with van der Waals surface area (Å²) in [6.45, 7) is 2.98. The van der Waals surface area contributed by atoms with Crippen LogP contribution < -0.4 is 0 Å². The predicted molar refractivity (Wildman–Crippen MR) is 125 cm³/mol. The van der Waals surface area contributed by atoms with E-state index in [1.807, 2.05) is 30.3 Å². The fourth-order valence-electron chi connectivity index (χ4n) is 3.68. The van der Waals surface area contributed by atoms with Crippen molar-refractivity contribution in [1.82, 2.24) is 0 Å². The molecule has 1 rings (SSSR count). The van der Waals surface area contributed by atoms with Gasteiger partial charge in [0, 0.05) is 13.5 Å². The molecule has 5 heteroatoms. The topological polar surface area (TPSA) is 54.0 Å². The summed E-state index contributed by atoms with van der Waals surface area (Å²) in [5.41, 5.74) is 1.09. The summed E-state index contributed by atoms with van der Waals surface area (Å²) in [6, 6.07) is 10.0. The third kappa shape index (κ3) is 15.1. The van der Waals surface area contributed by atoms with E-state index in [1.165, 1.54) is 58.5 Å². The molecule has 0 saturated heterocycles. The van der Waals surface area contributed by atoms with E-state index in [1.54, 1.807) is 7.11 Å². The van der Waals surface area contributed by atoms with Crippen LogP contribution in [0.5, 0.6) is 0 Å². The molecule has 1 aromatic carbocycles. The molecule has 5 nitrogen and oxygen atoms in total. The number of esters is 1. The zero-order valence-electron chi connectivity index (χ0n) is 20.0. The lowest BCUT2D eigenvalue weighted by Gasteiger charge is -2.24. The van der Waals surface area contributed by atoms with Crippen molar-refractivity contribution in [2.75, 3.05) is 21.0 Å². The van der Waals surface area contributed by atoms with Crippen LogP contribution in [0.1, 0.15) is 89.5 Å². The van der Waals surface area contributed by atoms with Crippen LogP contribution >= 0.6 is 0 Å². The van der Waals surface area contributed by atoms with E-state index in [9.17, 15) is 4.79 Å². The van der Waals surface area contributed by atoms with Gasteiger partial charge in [0.15, 0.2) is 0 Å². The Hall–Kier alpha value is -1.43. The minimum Gasteiger partial charge on any atom is -0.469 e. The van der Waals surface area contributed by atoms with Gasteiger partial charge in [0.2, 0.25) is 0 Å². The Morgan fingerprint density at radius 2 is 1.48 bits per heavy atom. The van der Waals surface area contributed by atoms with Crippen LogP contribution in [0.15, 0.2) is 30.3 Å². The maximum absolute atomic E-state index is 11.9. The fourth-order valence-corrected chi connectivity index (χ4v) is 3.68. The number of hydrogen-bond donors (Lipinski definition) is 0. The Kier molecular flexibility index (Phi) is 17.2. The van der Waals surface area contributed by atoms with Crippen LogP contribution in [0.25, 0.3) is 0 Å². The molecule has 0 aromatic heterocycles. The standard InChI is InChI=1S/C26H44O5/c1-4-5-6-7-8-9-10-11-15-18-24(31-22-28-2)19-25(20-26(27)29-3)30-21-23-16-13-12-14-17-23/h12-14,16-17,24-25H,4-11,15,18-22H2,1-3H3/t24-,25+/m1/s1. The second-order valence-electron chi connectivity index (χ2n) is 8.25. The van der Waals surface area contributed by atoms with Crippen molar-refractivity contribution >= 4 is 5.97 Å². The lowest BCUT2D eigenvalue weighted by molar-refractivity contribution is -0.146. The number of carbonyl (C=O) groups is 1.